The van der Waals surface area contributed by atoms with Crippen molar-refractivity contribution in [3.05, 3.63) is 35.2 Å². The summed E-state index contributed by atoms with van der Waals surface area (Å²) in [5.41, 5.74) is 3.67. The van der Waals surface area contributed by atoms with Crippen LogP contribution in [0.4, 0.5) is 0 Å². The third-order valence-electron chi connectivity index (χ3n) is 2.27. The molecule has 1 aliphatic carbocycles. The van der Waals surface area contributed by atoms with Crippen molar-refractivity contribution in [3.8, 4) is 0 Å². The summed E-state index contributed by atoms with van der Waals surface area (Å²) in [6, 6.07) is 4.22. The Hall–Kier alpha value is -1.11. The number of fused-ring (bicyclic) bond motifs is 1. The van der Waals surface area contributed by atoms with E-state index in [0.29, 0.717) is 5.92 Å². The van der Waals surface area contributed by atoms with Crippen LogP contribution in [-0.2, 0) is 6.42 Å². The van der Waals surface area contributed by atoms with Crippen LogP contribution in [0.5, 0.6) is 0 Å². The van der Waals surface area contributed by atoms with Crippen molar-refractivity contribution in [1.29, 1.82) is 0 Å². The minimum atomic E-state index is 0.645. The smallest absolute Gasteiger partial charge is 0.0484 e. The predicted octanol–water partition coefficient (Wildman–Crippen LogP) is 2.60. The maximum Gasteiger partial charge on any atom is 0.0484 e. The fraction of sp³-hybridized carbons (Fsp3) is 0.364. The molecule has 1 heteroatoms. The summed E-state index contributed by atoms with van der Waals surface area (Å²) in [5.74, 6) is 0.645. The molecule has 1 aromatic heterocycles. The molecule has 62 valence electrons. The minimum absolute atomic E-state index is 0.645. The third kappa shape index (κ3) is 1.27. The van der Waals surface area contributed by atoms with Gasteiger partial charge in [-0.05, 0) is 30.9 Å². The Morgan fingerprint density at radius 3 is 3.08 bits per heavy atom. The monoisotopic (exact) mass is 159 g/mol. The standard InChI is InChI=1S/C11H13N/c1-8-3-5-10-6-4-9(2)12-11(10)7-8/h3-6,8H,7H2,1-2H3. The van der Waals surface area contributed by atoms with E-state index in [4.69, 9.17) is 0 Å². The average Bonchev–Trinajstić information content (AvgIpc) is 2.03. The van der Waals surface area contributed by atoms with E-state index in [-0.39, 0.29) is 0 Å². The lowest BCUT2D eigenvalue weighted by atomic mass is 9.95. The van der Waals surface area contributed by atoms with Crippen LogP contribution in [0.3, 0.4) is 0 Å². The van der Waals surface area contributed by atoms with Crippen LogP contribution >= 0.6 is 0 Å². The van der Waals surface area contributed by atoms with Crippen LogP contribution in [0.2, 0.25) is 0 Å². The van der Waals surface area contributed by atoms with Crippen LogP contribution < -0.4 is 0 Å². The number of rotatable bonds is 0. The highest BCUT2D eigenvalue weighted by Gasteiger charge is 2.10. The van der Waals surface area contributed by atoms with Crippen LogP contribution in [0.25, 0.3) is 6.08 Å². The lowest BCUT2D eigenvalue weighted by molar-refractivity contribution is 0.697. The first-order valence-corrected chi connectivity index (χ1v) is 4.40. The van der Waals surface area contributed by atoms with Gasteiger partial charge in [0.15, 0.2) is 0 Å². The number of pyridine rings is 1. The van der Waals surface area contributed by atoms with Crippen LogP contribution in [-0.4, -0.2) is 4.98 Å². The largest absolute Gasteiger partial charge is 0.258 e. The summed E-state index contributed by atoms with van der Waals surface area (Å²) < 4.78 is 0. The molecule has 1 unspecified atom stereocenters. The van der Waals surface area contributed by atoms with Crippen LogP contribution in [0, 0.1) is 12.8 Å². The quantitative estimate of drug-likeness (QED) is 0.567. The molecule has 0 aliphatic heterocycles. The van der Waals surface area contributed by atoms with Gasteiger partial charge in [0.2, 0.25) is 0 Å². The normalized spacial score (nSPS) is 20.7. The average molecular weight is 159 g/mol. The predicted molar refractivity (Wildman–Crippen MR) is 50.9 cm³/mol. The van der Waals surface area contributed by atoms with Crippen molar-refractivity contribution in [2.45, 2.75) is 20.3 Å². The molecular formula is C11H13N. The molecule has 0 bridgehead atoms. The molecule has 0 amide bonds. The van der Waals surface area contributed by atoms with Gasteiger partial charge in [0, 0.05) is 11.4 Å². The molecule has 0 aromatic carbocycles. The van der Waals surface area contributed by atoms with E-state index >= 15 is 0 Å². The highest BCUT2D eigenvalue weighted by Crippen LogP contribution is 2.20. The first-order valence-electron chi connectivity index (χ1n) is 4.40. The Morgan fingerprint density at radius 1 is 1.42 bits per heavy atom. The van der Waals surface area contributed by atoms with Gasteiger partial charge in [0.05, 0.1) is 0 Å². The van der Waals surface area contributed by atoms with E-state index in [9.17, 15) is 0 Å². The zero-order chi connectivity index (χ0) is 8.55. The van der Waals surface area contributed by atoms with E-state index in [1.807, 2.05) is 6.92 Å². The van der Waals surface area contributed by atoms with Gasteiger partial charge in [-0.1, -0.05) is 25.1 Å². The molecule has 1 heterocycles. The van der Waals surface area contributed by atoms with Gasteiger partial charge in [-0.3, -0.25) is 4.98 Å². The van der Waals surface area contributed by atoms with E-state index in [2.05, 4.69) is 36.2 Å². The highest BCUT2D eigenvalue weighted by atomic mass is 14.7. The zero-order valence-electron chi connectivity index (χ0n) is 7.54. The van der Waals surface area contributed by atoms with E-state index in [0.717, 1.165) is 12.1 Å². The summed E-state index contributed by atoms with van der Waals surface area (Å²) in [6.45, 7) is 4.27. The molecule has 1 aromatic rings. The molecular weight excluding hydrogens is 146 g/mol. The fourth-order valence-electron chi connectivity index (χ4n) is 1.58. The van der Waals surface area contributed by atoms with Crippen molar-refractivity contribution in [1.82, 2.24) is 4.98 Å². The second kappa shape index (κ2) is 2.74. The topological polar surface area (TPSA) is 12.9 Å². The van der Waals surface area contributed by atoms with Crippen molar-refractivity contribution in [3.63, 3.8) is 0 Å². The molecule has 12 heavy (non-hydrogen) atoms. The van der Waals surface area contributed by atoms with Gasteiger partial charge in [-0.25, -0.2) is 0 Å². The van der Waals surface area contributed by atoms with Gasteiger partial charge < -0.3 is 0 Å². The molecule has 2 rings (SSSR count). The van der Waals surface area contributed by atoms with E-state index < -0.39 is 0 Å². The van der Waals surface area contributed by atoms with Gasteiger partial charge >= 0.3 is 0 Å². The van der Waals surface area contributed by atoms with E-state index in [1.165, 1.54) is 11.3 Å². The van der Waals surface area contributed by atoms with Crippen molar-refractivity contribution < 1.29 is 0 Å². The Labute approximate surface area is 73.1 Å². The van der Waals surface area contributed by atoms with Crippen molar-refractivity contribution in [2.24, 2.45) is 5.92 Å². The molecule has 0 spiro atoms. The maximum absolute atomic E-state index is 4.51. The van der Waals surface area contributed by atoms with Gasteiger partial charge in [-0.2, -0.15) is 0 Å². The summed E-state index contributed by atoms with van der Waals surface area (Å²) in [6.07, 6.45) is 5.52. The number of hydrogen-bond donors (Lipinski definition) is 0. The first-order chi connectivity index (χ1) is 5.75. The summed E-state index contributed by atoms with van der Waals surface area (Å²) in [5, 5.41) is 0. The number of nitrogens with zero attached hydrogens (tertiary/aromatic N) is 1. The molecule has 0 fully saturated rings. The molecule has 1 atom stereocenters. The van der Waals surface area contributed by atoms with Gasteiger partial charge in [0.25, 0.3) is 0 Å². The Morgan fingerprint density at radius 2 is 2.25 bits per heavy atom. The van der Waals surface area contributed by atoms with E-state index in [1.54, 1.807) is 0 Å². The summed E-state index contributed by atoms with van der Waals surface area (Å²) in [7, 11) is 0. The number of hydrogen-bond acceptors (Lipinski definition) is 1. The Bertz CT molecular complexity index is 326. The number of aromatic nitrogens is 1. The second-order valence-corrected chi connectivity index (χ2v) is 3.53. The van der Waals surface area contributed by atoms with Crippen LogP contribution in [0.1, 0.15) is 23.9 Å². The first kappa shape index (κ1) is 7.53. The molecule has 0 radical (unpaired) electrons. The highest BCUT2D eigenvalue weighted by molar-refractivity contribution is 5.54. The number of aryl methyl sites for hydroxylation is 1. The maximum atomic E-state index is 4.51. The molecule has 1 nitrogen and oxygen atoms in total. The molecule has 0 saturated carbocycles. The fourth-order valence-corrected chi connectivity index (χ4v) is 1.58. The van der Waals surface area contributed by atoms with Crippen LogP contribution in [0.15, 0.2) is 18.2 Å². The van der Waals surface area contributed by atoms with Gasteiger partial charge in [0.1, 0.15) is 0 Å². The third-order valence-corrected chi connectivity index (χ3v) is 2.27. The molecule has 1 aliphatic rings. The Kier molecular flexibility index (Phi) is 1.72. The molecule has 0 N–H and O–H groups in total. The number of allylic oxidation sites excluding steroid dienone is 1. The Balaban J connectivity index is 2.47. The lowest BCUT2D eigenvalue weighted by Crippen LogP contribution is -2.06. The van der Waals surface area contributed by atoms with Crippen molar-refractivity contribution in [2.75, 3.05) is 0 Å². The van der Waals surface area contributed by atoms with Gasteiger partial charge in [-0.15, -0.1) is 0 Å². The lowest BCUT2D eigenvalue weighted by Gasteiger charge is -2.14. The van der Waals surface area contributed by atoms with Crippen molar-refractivity contribution >= 4 is 6.08 Å². The summed E-state index contributed by atoms with van der Waals surface area (Å²) in [4.78, 5) is 4.51. The SMILES string of the molecule is Cc1ccc2c(n1)CC(C)C=C2. The zero-order valence-corrected chi connectivity index (χ0v) is 7.54. The summed E-state index contributed by atoms with van der Waals surface area (Å²) >= 11 is 0. The minimum Gasteiger partial charge on any atom is -0.258 e. The molecule has 0 saturated heterocycles. The second-order valence-electron chi connectivity index (χ2n) is 3.53.